The van der Waals surface area contributed by atoms with E-state index in [2.05, 4.69) is 4.98 Å². The molecule has 1 aromatic heterocycles. The average Bonchev–Trinajstić information content (AvgIpc) is 3.06. The highest BCUT2D eigenvalue weighted by molar-refractivity contribution is 7.99. The van der Waals surface area contributed by atoms with Crippen molar-refractivity contribution in [2.45, 2.75) is 9.79 Å². The second-order valence-electron chi connectivity index (χ2n) is 5.34. The number of nitrogens with zero attached hydrogens (tertiary/aromatic N) is 2. The first-order valence-electron chi connectivity index (χ1n) is 7.58. The number of fused-ring (bicyclic) bond motifs is 1. The largest absolute Gasteiger partial charge is 0.270 e. The molecule has 0 aliphatic rings. The van der Waals surface area contributed by atoms with Crippen molar-refractivity contribution in [2.75, 3.05) is 0 Å². The highest BCUT2D eigenvalue weighted by Crippen LogP contribution is 2.40. The molecule has 0 atom stereocenters. The Morgan fingerprint density at radius 1 is 0.960 bits per heavy atom. The van der Waals surface area contributed by atoms with Gasteiger partial charge in [-0.05, 0) is 30.3 Å². The van der Waals surface area contributed by atoms with Crippen LogP contribution in [0.1, 0.15) is 0 Å². The van der Waals surface area contributed by atoms with Gasteiger partial charge in [0.2, 0.25) is 0 Å². The molecule has 1 heterocycles. The van der Waals surface area contributed by atoms with Crippen molar-refractivity contribution >= 4 is 39.0 Å². The van der Waals surface area contributed by atoms with Gasteiger partial charge in [-0.15, -0.1) is 11.3 Å². The van der Waals surface area contributed by atoms with Gasteiger partial charge < -0.3 is 0 Å². The van der Waals surface area contributed by atoms with Crippen LogP contribution in [0.5, 0.6) is 0 Å². The molecule has 0 saturated carbocycles. The Bertz CT molecular complexity index is 1030. The first-order valence-corrected chi connectivity index (χ1v) is 9.21. The molecule has 0 amide bonds. The fourth-order valence-corrected chi connectivity index (χ4v) is 4.50. The summed E-state index contributed by atoms with van der Waals surface area (Å²) < 4.78 is 1.07. The van der Waals surface area contributed by atoms with Crippen LogP contribution >= 0.6 is 23.1 Å². The maximum atomic E-state index is 11.2. The van der Waals surface area contributed by atoms with Crippen molar-refractivity contribution in [1.29, 1.82) is 0 Å². The van der Waals surface area contributed by atoms with Crippen molar-refractivity contribution in [3.05, 3.63) is 82.9 Å². The molecule has 0 radical (unpaired) electrons. The SMILES string of the molecule is O=[N+]([O-])c1ccc(Sc2ccccc2)c(-c2nc3ccccc3s2)c1. The van der Waals surface area contributed by atoms with Crippen LogP contribution in [0.2, 0.25) is 0 Å². The monoisotopic (exact) mass is 364 g/mol. The van der Waals surface area contributed by atoms with Crippen LogP contribution in [0.3, 0.4) is 0 Å². The van der Waals surface area contributed by atoms with Crippen molar-refractivity contribution in [2.24, 2.45) is 0 Å². The van der Waals surface area contributed by atoms with Gasteiger partial charge in [0.25, 0.3) is 5.69 Å². The summed E-state index contributed by atoms with van der Waals surface area (Å²) in [4.78, 5) is 17.5. The van der Waals surface area contributed by atoms with E-state index in [0.29, 0.717) is 0 Å². The lowest BCUT2D eigenvalue weighted by Gasteiger charge is -2.07. The predicted octanol–water partition coefficient (Wildman–Crippen LogP) is 6.02. The molecule has 0 spiro atoms. The molecule has 0 saturated heterocycles. The fraction of sp³-hybridized carbons (Fsp3) is 0. The maximum Gasteiger partial charge on any atom is 0.270 e. The summed E-state index contributed by atoms with van der Waals surface area (Å²) in [5.41, 5.74) is 1.78. The number of rotatable bonds is 4. The number of para-hydroxylation sites is 1. The third kappa shape index (κ3) is 3.26. The van der Waals surface area contributed by atoms with Crippen molar-refractivity contribution in [1.82, 2.24) is 4.98 Å². The second kappa shape index (κ2) is 6.66. The minimum Gasteiger partial charge on any atom is -0.258 e. The second-order valence-corrected chi connectivity index (χ2v) is 7.49. The number of non-ortho nitro benzene ring substituents is 1. The zero-order valence-electron chi connectivity index (χ0n) is 13.0. The first-order chi connectivity index (χ1) is 12.2. The Labute approximate surface area is 152 Å². The van der Waals surface area contributed by atoms with Crippen LogP contribution in [0, 0.1) is 10.1 Å². The highest BCUT2D eigenvalue weighted by Gasteiger charge is 2.16. The van der Waals surface area contributed by atoms with Gasteiger partial charge >= 0.3 is 0 Å². The number of aromatic nitrogens is 1. The van der Waals surface area contributed by atoms with Crippen molar-refractivity contribution in [3.8, 4) is 10.6 Å². The molecule has 4 nitrogen and oxygen atoms in total. The maximum absolute atomic E-state index is 11.2. The summed E-state index contributed by atoms with van der Waals surface area (Å²) in [6.07, 6.45) is 0. The molecule has 0 N–H and O–H groups in total. The molecule has 4 rings (SSSR count). The highest BCUT2D eigenvalue weighted by atomic mass is 32.2. The zero-order valence-corrected chi connectivity index (χ0v) is 14.6. The number of benzene rings is 3. The van der Waals surface area contributed by atoms with Gasteiger partial charge in [-0.1, -0.05) is 42.1 Å². The smallest absolute Gasteiger partial charge is 0.258 e. The standard InChI is InChI=1S/C19H12N2O2S2/c22-21(23)13-10-11-17(24-14-6-2-1-3-7-14)15(12-13)19-20-16-8-4-5-9-18(16)25-19/h1-12H. The Hall–Kier alpha value is -2.70. The minimum absolute atomic E-state index is 0.0756. The fourth-order valence-electron chi connectivity index (χ4n) is 2.49. The average molecular weight is 364 g/mol. The van der Waals surface area contributed by atoms with E-state index in [0.717, 1.165) is 30.6 Å². The zero-order chi connectivity index (χ0) is 17.2. The van der Waals surface area contributed by atoms with E-state index in [1.54, 1.807) is 41.3 Å². The Balaban J connectivity index is 1.85. The van der Waals surface area contributed by atoms with Gasteiger partial charge in [0.1, 0.15) is 5.01 Å². The normalized spacial score (nSPS) is 10.9. The van der Waals surface area contributed by atoms with E-state index in [1.807, 2.05) is 54.6 Å². The molecule has 6 heteroatoms. The lowest BCUT2D eigenvalue weighted by Crippen LogP contribution is -1.90. The summed E-state index contributed by atoms with van der Waals surface area (Å²) in [6.45, 7) is 0. The summed E-state index contributed by atoms with van der Waals surface area (Å²) in [5.74, 6) is 0. The molecule has 25 heavy (non-hydrogen) atoms. The lowest BCUT2D eigenvalue weighted by atomic mass is 10.2. The lowest BCUT2D eigenvalue weighted by molar-refractivity contribution is -0.384. The third-order valence-corrected chi connectivity index (χ3v) is 5.82. The van der Waals surface area contributed by atoms with Crippen LogP contribution in [0.4, 0.5) is 5.69 Å². The minimum atomic E-state index is -0.367. The summed E-state index contributed by atoms with van der Waals surface area (Å²) in [6, 6.07) is 22.8. The molecule has 3 aromatic carbocycles. The van der Waals surface area contributed by atoms with Gasteiger partial charge in [-0.3, -0.25) is 10.1 Å². The predicted molar refractivity (Wildman–Crippen MR) is 102 cm³/mol. The summed E-state index contributed by atoms with van der Waals surface area (Å²) in [7, 11) is 0. The van der Waals surface area contributed by atoms with E-state index in [1.165, 1.54) is 0 Å². The molecule has 0 unspecified atom stereocenters. The van der Waals surface area contributed by atoms with Crippen LogP contribution in [0.25, 0.3) is 20.8 Å². The van der Waals surface area contributed by atoms with Crippen molar-refractivity contribution < 1.29 is 4.92 Å². The Kier molecular flexibility index (Phi) is 4.21. The van der Waals surface area contributed by atoms with Gasteiger partial charge in [0.15, 0.2) is 0 Å². The number of thiazole rings is 1. The Morgan fingerprint density at radius 3 is 2.48 bits per heavy atom. The van der Waals surface area contributed by atoms with E-state index in [-0.39, 0.29) is 10.6 Å². The van der Waals surface area contributed by atoms with E-state index >= 15 is 0 Å². The summed E-state index contributed by atoms with van der Waals surface area (Å²) in [5, 5.41) is 12.0. The molecule has 0 fully saturated rings. The van der Waals surface area contributed by atoms with Crippen LogP contribution in [0.15, 0.2) is 82.6 Å². The summed E-state index contributed by atoms with van der Waals surface area (Å²) >= 11 is 3.13. The molecule has 0 aliphatic heterocycles. The quantitative estimate of drug-likeness (QED) is 0.328. The number of hydrogen-bond acceptors (Lipinski definition) is 5. The number of nitro benzene ring substituents is 1. The van der Waals surface area contributed by atoms with E-state index in [9.17, 15) is 10.1 Å². The molecule has 0 aliphatic carbocycles. The van der Waals surface area contributed by atoms with E-state index in [4.69, 9.17) is 0 Å². The van der Waals surface area contributed by atoms with Crippen LogP contribution in [-0.2, 0) is 0 Å². The number of nitro groups is 1. The molecule has 4 aromatic rings. The topological polar surface area (TPSA) is 56.0 Å². The first kappa shape index (κ1) is 15.8. The molecule has 122 valence electrons. The van der Waals surface area contributed by atoms with Crippen LogP contribution < -0.4 is 0 Å². The van der Waals surface area contributed by atoms with Gasteiger partial charge in [0, 0.05) is 27.5 Å². The number of hydrogen-bond donors (Lipinski definition) is 0. The van der Waals surface area contributed by atoms with Gasteiger partial charge in [-0.25, -0.2) is 4.98 Å². The van der Waals surface area contributed by atoms with E-state index < -0.39 is 0 Å². The van der Waals surface area contributed by atoms with Gasteiger partial charge in [-0.2, -0.15) is 0 Å². The van der Waals surface area contributed by atoms with Gasteiger partial charge in [0.05, 0.1) is 15.1 Å². The third-order valence-electron chi connectivity index (χ3n) is 3.67. The van der Waals surface area contributed by atoms with Crippen molar-refractivity contribution in [3.63, 3.8) is 0 Å². The Morgan fingerprint density at radius 2 is 1.72 bits per heavy atom. The molecular weight excluding hydrogens is 352 g/mol. The molecular formula is C19H12N2O2S2. The van der Waals surface area contributed by atoms with Crippen LogP contribution in [-0.4, -0.2) is 9.91 Å². The molecule has 0 bridgehead atoms.